The second-order valence-electron chi connectivity index (χ2n) is 7.88. The van der Waals surface area contributed by atoms with Gasteiger partial charge in [-0.25, -0.2) is 4.99 Å². The molecule has 0 radical (unpaired) electrons. The Bertz CT molecular complexity index is 1240. The molecule has 0 saturated carbocycles. The van der Waals surface area contributed by atoms with E-state index in [9.17, 15) is 10.1 Å². The summed E-state index contributed by atoms with van der Waals surface area (Å²) in [4.78, 5) is 24.5. The van der Waals surface area contributed by atoms with Crippen LogP contribution in [0.1, 0.15) is 29.3 Å². The SMILES string of the molecule is CN1C(=O)C(CC=Cc2cccnc2)[C@@](C)(c2cc(-c3cccc(C#N)c3)cs2)N=C1N. The zero-order valence-corrected chi connectivity index (χ0v) is 18.7. The fraction of sp³-hybridized carbons (Fsp3) is 0.200. The van der Waals surface area contributed by atoms with Crippen molar-refractivity contribution < 1.29 is 4.79 Å². The molecule has 3 aromatic rings. The fourth-order valence-corrected chi connectivity index (χ4v) is 4.95. The van der Waals surface area contributed by atoms with Gasteiger partial charge in [0.05, 0.1) is 17.6 Å². The van der Waals surface area contributed by atoms with E-state index in [2.05, 4.69) is 11.1 Å². The van der Waals surface area contributed by atoms with E-state index in [1.54, 1.807) is 36.8 Å². The van der Waals surface area contributed by atoms with Crippen LogP contribution >= 0.6 is 11.3 Å². The molecule has 4 rings (SSSR count). The first-order chi connectivity index (χ1) is 15.4. The molecule has 3 heterocycles. The first-order valence-corrected chi connectivity index (χ1v) is 11.1. The van der Waals surface area contributed by atoms with Gasteiger partial charge < -0.3 is 5.73 Å². The van der Waals surface area contributed by atoms with E-state index in [-0.39, 0.29) is 11.9 Å². The lowest BCUT2D eigenvalue weighted by molar-refractivity contribution is -0.133. The van der Waals surface area contributed by atoms with Crippen LogP contribution < -0.4 is 5.73 Å². The largest absolute Gasteiger partial charge is 0.369 e. The Kier molecular flexibility index (Phi) is 5.89. The second-order valence-corrected chi connectivity index (χ2v) is 8.80. The number of aliphatic imine (C=N–C) groups is 1. The van der Waals surface area contributed by atoms with Gasteiger partial charge >= 0.3 is 0 Å². The van der Waals surface area contributed by atoms with E-state index >= 15 is 0 Å². The number of nitrogens with zero attached hydrogens (tertiary/aromatic N) is 4. The van der Waals surface area contributed by atoms with Crippen LogP contribution in [0.2, 0.25) is 0 Å². The molecule has 7 heteroatoms. The molecule has 1 aliphatic rings. The summed E-state index contributed by atoms with van der Waals surface area (Å²) in [6.07, 6.45) is 7.99. The molecule has 160 valence electrons. The summed E-state index contributed by atoms with van der Waals surface area (Å²) in [5.41, 5.74) is 8.86. The molecule has 2 aromatic heterocycles. The number of allylic oxidation sites excluding steroid dienone is 1. The van der Waals surface area contributed by atoms with E-state index in [0.29, 0.717) is 12.0 Å². The molecule has 1 unspecified atom stereocenters. The van der Waals surface area contributed by atoms with Crippen LogP contribution in [-0.2, 0) is 10.3 Å². The number of rotatable bonds is 5. The predicted octanol–water partition coefficient (Wildman–Crippen LogP) is 4.40. The van der Waals surface area contributed by atoms with Crippen molar-refractivity contribution >= 4 is 29.3 Å². The number of carbonyl (C=O) groups is 1. The number of guanidine groups is 1. The minimum atomic E-state index is -0.789. The molecule has 0 aliphatic carbocycles. The smallest absolute Gasteiger partial charge is 0.235 e. The van der Waals surface area contributed by atoms with Crippen LogP contribution in [0, 0.1) is 17.2 Å². The van der Waals surface area contributed by atoms with Gasteiger partial charge in [-0.1, -0.05) is 30.4 Å². The lowest BCUT2D eigenvalue weighted by Crippen LogP contribution is -2.53. The zero-order chi connectivity index (χ0) is 22.7. The number of benzene rings is 1. The van der Waals surface area contributed by atoms with Gasteiger partial charge in [0.25, 0.3) is 0 Å². The molecule has 0 saturated heterocycles. The van der Waals surface area contributed by atoms with E-state index < -0.39 is 11.5 Å². The highest BCUT2D eigenvalue weighted by atomic mass is 32.1. The summed E-state index contributed by atoms with van der Waals surface area (Å²) in [7, 11) is 1.66. The average Bonchev–Trinajstić information content (AvgIpc) is 3.32. The number of pyridine rings is 1. The van der Waals surface area contributed by atoms with Crippen molar-refractivity contribution in [1.82, 2.24) is 9.88 Å². The Hall–Kier alpha value is -3.76. The highest BCUT2D eigenvalue weighted by Crippen LogP contribution is 2.44. The second kappa shape index (κ2) is 8.77. The number of nitrogens with two attached hydrogens (primary N) is 1. The number of aromatic nitrogens is 1. The fourth-order valence-electron chi connectivity index (χ4n) is 3.87. The van der Waals surface area contributed by atoms with Crippen molar-refractivity contribution in [3.8, 4) is 17.2 Å². The molecule has 1 aliphatic heterocycles. The summed E-state index contributed by atoms with van der Waals surface area (Å²) >= 11 is 1.55. The number of nitriles is 1. The topological polar surface area (TPSA) is 95.4 Å². The number of amides is 1. The quantitative estimate of drug-likeness (QED) is 0.635. The van der Waals surface area contributed by atoms with Crippen molar-refractivity contribution in [3.05, 3.63) is 82.3 Å². The van der Waals surface area contributed by atoms with Gasteiger partial charge in [0.2, 0.25) is 5.91 Å². The lowest BCUT2D eigenvalue weighted by atomic mass is 9.79. The molecule has 2 N–H and O–H groups in total. The maximum atomic E-state index is 13.2. The van der Waals surface area contributed by atoms with Crippen LogP contribution in [-0.4, -0.2) is 28.8 Å². The molecule has 6 nitrogen and oxygen atoms in total. The van der Waals surface area contributed by atoms with Gasteiger partial charge in [0.15, 0.2) is 5.96 Å². The van der Waals surface area contributed by atoms with Gasteiger partial charge in [-0.15, -0.1) is 11.3 Å². The van der Waals surface area contributed by atoms with Gasteiger partial charge in [-0.05, 0) is 59.7 Å². The molecule has 0 spiro atoms. The molecule has 32 heavy (non-hydrogen) atoms. The van der Waals surface area contributed by atoms with Crippen LogP contribution in [0.3, 0.4) is 0 Å². The first-order valence-electron chi connectivity index (χ1n) is 10.2. The van der Waals surface area contributed by atoms with Crippen molar-refractivity contribution in [2.75, 3.05) is 7.05 Å². The summed E-state index contributed by atoms with van der Waals surface area (Å²) in [6.45, 7) is 1.97. The third-order valence-corrected chi connectivity index (χ3v) is 6.94. The Labute approximate surface area is 191 Å². The average molecular weight is 442 g/mol. The minimum Gasteiger partial charge on any atom is -0.369 e. The monoisotopic (exact) mass is 441 g/mol. The normalized spacial score (nSPS) is 20.9. The number of thiophene rings is 1. The molecule has 0 bridgehead atoms. The number of hydrogen-bond donors (Lipinski definition) is 1. The summed E-state index contributed by atoms with van der Waals surface area (Å²) in [5.74, 6) is -0.242. The van der Waals surface area contributed by atoms with E-state index in [4.69, 9.17) is 10.7 Å². The van der Waals surface area contributed by atoms with Crippen molar-refractivity contribution in [2.45, 2.75) is 18.9 Å². The minimum absolute atomic E-state index is 0.0581. The van der Waals surface area contributed by atoms with Crippen LogP contribution in [0.25, 0.3) is 17.2 Å². The molecule has 1 aromatic carbocycles. The summed E-state index contributed by atoms with van der Waals surface area (Å²) in [6, 6.07) is 15.6. The van der Waals surface area contributed by atoms with E-state index in [0.717, 1.165) is 21.6 Å². The zero-order valence-electron chi connectivity index (χ0n) is 17.9. The Morgan fingerprint density at radius 2 is 2.12 bits per heavy atom. The molecular weight excluding hydrogens is 418 g/mol. The highest BCUT2D eigenvalue weighted by molar-refractivity contribution is 7.10. The molecule has 0 fully saturated rings. The highest BCUT2D eigenvalue weighted by Gasteiger charge is 2.46. The molecule has 1 amide bonds. The number of hydrogen-bond acceptors (Lipinski definition) is 6. The first kappa shape index (κ1) is 21.5. The summed E-state index contributed by atoms with van der Waals surface area (Å²) < 4.78 is 0. The van der Waals surface area contributed by atoms with Crippen LogP contribution in [0.5, 0.6) is 0 Å². The van der Waals surface area contributed by atoms with Gasteiger partial charge in [-0.2, -0.15) is 5.26 Å². The maximum Gasteiger partial charge on any atom is 0.235 e. The molecular formula is C25H23N5OS. The Morgan fingerprint density at radius 1 is 1.28 bits per heavy atom. The van der Waals surface area contributed by atoms with Crippen LogP contribution in [0.15, 0.2) is 71.3 Å². The van der Waals surface area contributed by atoms with Crippen molar-refractivity contribution in [2.24, 2.45) is 16.6 Å². The standard InChI is InChI=1S/C25H23N5OS/c1-25(22-13-20(16-32-22)19-9-3-7-18(12-19)14-26)21(23(31)30(2)24(27)29-25)10-4-6-17-8-5-11-28-15-17/h3-9,11-13,15-16,21H,10H2,1-2H3,(H2,27,29)/t21?,25-/m0/s1. The predicted molar refractivity (Wildman–Crippen MR) is 128 cm³/mol. The Balaban J connectivity index is 1.69. The van der Waals surface area contributed by atoms with Gasteiger partial charge in [0, 0.05) is 24.3 Å². The van der Waals surface area contributed by atoms with Crippen molar-refractivity contribution in [1.29, 1.82) is 5.26 Å². The van der Waals surface area contributed by atoms with E-state index in [1.165, 1.54) is 4.90 Å². The third-order valence-electron chi connectivity index (χ3n) is 5.79. The maximum absolute atomic E-state index is 13.2. The lowest BCUT2D eigenvalue weighted by Gasteiger charge is -2.39. The number of carbonyl (C=O) groups excluding carboxylic acids is 1. The van der Waals surface area contributed by atoms with Crippen molar-refractivity contribution in [3.63, 3.8) is 0 Å². The van der Waals surface area contributed by atoms with Gasteiger partial charge in [0.1, 0.15) is 5.54 Å². The van der Waals surface area contributed by atoms with E-state index in [1.807, 2.05) is 60.9 Å². The third kappa shape index (κ3) is 4.05. The summed E-state index contributed by atoms with van der Waals surface area (Å²) in [5, 5.41) is 11.2. The Morgan fingerprint density at radius 3 is 2.88 bits per heavy atom. The molecule has 2 atom stereocenters. The van der Waals surface area contributed by atoms with Crippen LogP contribution in [0.4, 0.5) is 0 Å². The van der Waals surface area contributed by atoms with Gasteiger partial charge in [-0.3, -0.25) is 14.7 Å².